The molecule has 3 N–H and O–H groups in total. The molecule has 2 rings (SSSR count). The Hall–Kier alpha value is -3.06. The van der Waals surface area contributed by atoms with Crippen molar-refractivity contribution >= 4 is 23.5 Å². The van der Waals surface area contributed by atoms with Crippen LogP contribution in [0.4, 0.5) is 11.5 Å². The molecule has 2 aromatic rings. The topological polar surface area (TPSA) is 117 Å². The Kier molecular flexibility index (Phi) is 5.91. The maximum atomic E-state index is 11.7. The lowest BCUT2D eigenvalue weighted by molar-refractivity contribution is -0.384. The summed E-state index contributed by atoms with van der Waals surface area (Å²) in [4.78, 5) is 25.9. The van der Waals surface area contributed by atoms with E-state index in [1.54, 1.807) is 30.3 Å². The lowest BCUT2D eigenvalue weighted by Gasteiger charge is -2.01. The summed E-state index contributed by atoms with van der Waals surface area (Å²) in [7, 11) is 0. The maximum Gasteiger partial charge on any atom is 0.269 e. The highest BCUT2D eigenvalue weighted by Gasteiger charge is 2.03. The number of nitrogens with zero attached hydrogens (tertiary/aromatic N) is 2. The van der Waals surface area contributed by atoms with Crippen molar-refractivity contribution in [3.8, 4) is 0 Å². The molecule has 1 aromatic carbocycles. The summed E-state index contributed by atoms with van der Waals surface area (Å²) >= 11 is 0. The van der Waals surface area contributed by atoms with E-state index >= 15 is 0 Å². The van der Waals surface area contributed by atoms with Gasteiger partial charge in [0.15, 0.2) is 0 Å². The third kappa shape index (κ3) is 4.80. The number of nitro groups is 1. The van der Waals surface area contributed by atoms with Crippen molar-refractivity contribution in [2.75, 3.05) is 5.32 Å². The number of anilines is 1. The number of pyridine rings is 1. The number of nitro benzene ring substituents is 1. The van der Waals surface area contributed by atoms with Gasteiger partial charge in [0.1, 0.15) is 5.82 Å². The van der Waals surface area contributed by atoms with Crippen LogP contribution in [-0.4, -0.2) is 21.3 Å². The van der Waals surface area contributed by atoms with E-state index in [-0.39, 0.29) is 17.1 Å². The number of rotatable bonds is 4. The number of carbonyl (C=O) groups is 1. The zero-order valence-electron chi connectivity index (χ0n) is 11.8. The zero-order valence-corrected chi connectivity index (χ0v) is 11.8. The highest BCUT2D eigenvalue weighted by molar-refractivity contribution is 6.01. The van der Waals surface area contributed by atoms with E-state index in [0.29, 0.717) is 11.4 Å². The van der Waals surface area contributed by atoms with Gasteiger partial charge in [-0.1, -0.05) is 6.07 Å². The van der Waals surface area contributed by atoms with Crippen molar-refractivity contribution in [3.05, 3.63) is 69.9 Å². The minimum Gasteiger partial charge on any atom is -0.412 e. The first-order valence-corrected chi connectivity index (χ1v) is 6.22. The highest BCUT2D eigenvalue weighted by atomic mass is 16.6. The van der Waals surface area contributed by atoms with Crippen LogP contribution in [0.15, 0.2) is 48.5 Å². The number of hydrogen-bond acceptors (Lipinski definition) is 4. The molecule has 0 unspecified atom stereocenters. The predicted molar refractivity (Wildman–Crippen MR) is 83.3 cm³/mol. The molecule has 0 aliphatic rings. The average Bonchev–Trinajstić information content (AvgIpc) is 2.45. The van der Waals surface area contributed by atoms with Crippen LogP contribution in [0.5, 0.6) is 0 Å². The molecule has 0 saturated heterocycles. The third-order valence-corrected chi connectivity index (χ3v) is 2.67. The van der Waals surface area contributed by atoms with Crippen LogP contribution < -0.4 is 5.32 Å². The second-order valence-electron chi connectivity index (χ2n) is 4.34. The normalized spacial score (nSPS) is 10.0. The molecule has 0 aliphatic heterocycles. The van der Waals surface area contributed by atoms with E-state index in [4.69, 9.17) is 0 Å². The van der Waals surface area contributed by atoms with Crippen molar-refractivity contribution in [1.82, 2.24) is 4.98 Å². The van der Waals surface area contributed by atoms with E-state index in [2.05, 4.69) is 10.3 Å². The molecule has 0 fully saturated rings. The van der Waals surface area contributed by atoms with Gasteiger partial charge in [-0.25, -0.2) is 4.98 Å². The van der Waals surface area contributed by atoms with E-state index in [9.17, 15) is 14.9 Å². The molecule has 0 aliphatic carbocycles. The maximum absolute atomic E-state index is 11.7. The van der Waals surface area contributed by atoms with Gasteiger partial charge in [0.25, 0.3) is 5.69 Å². The van der Waals surface area contributed by atoms with Crippen LogP contribution in [0.3, 0.4) is 0 Å². The van der Waals surface area contributed by atoms with Crippen molar-refractivity contribution in [1.29, 1.82) is 0 Å². The number of aryl methyl sites for hydroxylation is 1. The molecular formula is C15H15N3O4. The molecule has 0 saturated carbocycles. The number of hydrogen-bond donors (Lipinski definition) is 1. The quantitative estimate of drug-likeness (QED) is 0.528. The first-order valence-electron chi connectivity index (χ1n) is 6.22. The number of amides is 1. The van der Waals surface area contributed by atoms with E-state index < -0.39 is 4.92 Å². The van der Waals surface area contributed by atoms with Crippen molar-refractivity contribution in [3.63, 3.8) is 0 Å². The first kappa shape index (κ1) is 17.0. The minimum absolute atomic E-state index is 0. The fourth-order valence-electron chi connectivity index (χ4n) is 1.66. The molecule has 0 bridgehead atoms. The SMILES string of the molecule is Cc1cccc(NC(=O)/C=C/c2ccc([N+](=O)[O-])cc2)n1.O. The lowest BCUT2D eigenvalue weighted by atomic mass is 10.2. The van der Waals surface area contributed by atoms with Crippen LogP contribution >= 0.6 is 0 Å². The molecule has 1 amide bonds. The Bertz CT molecular complexity index is 696. The van der Waals surface area contributed by atoms with Gasteiger partial charge < -0.3 is 10.8 Å². The van der Waals surface area contributed by atoms with Crippen LogP contribution in [0.25, 0.3) is 6.08 Å². The number of non-ortho nitro benzene ring substituents is 1. The van der Waals surface area contributed by atoms with E-state index in [1.165, 1.54) is 18.2 Å². The monoisotopic (exact) mass is 301 g/mol. The molecule has 1 heterocycles. The van der Waals surface area contributed by atoms with E-state index in [0.717, 1.165) is 5.69 Å². The fourth-order valence-corrected chi connectivity index (χ4v) is 1.66. The largest absolute Gasteiger partial charge is 0.412 e. The van der Waals surface area contributed by atoms with Crippen molar-refractivity contribution in [2.24, 2.45) is 0 Å². The summed E-state index contributed by atoms with van der Waals surface area (Å²) in [6.45, 7) is 1.84. The second kappa shape index (κ2) is 7.65. The van der Waals surface area contributed by atoms with Gasteiger partial charge in [-0.3, -0.25) is 14.9 Å². The Morgan fingerprint density at radius 1 is 1.23 bits per heavy atom. The summed E-state index contributed by atoms with van der Waals surface area (Å²) in [5, 5.41) is 13.2. The number of nitrogens with one attached hydrogen (secondary N) is 1. The van der Waals surface area contributed by atoms with Crippen LogP contribution in [0.2, 0.25) is 0 Å². The average molecular weight is 301 g/mol. The van der Waals surface area contributed by atoms with Crippen LogP contribution in [0.1, 0.15) is 11.3 Å². The molecule has 0 atom stereocenters. The highest BCUT2D eigenvalue weighted by Crippen LogP contribution is 2.13. The second-order valence-corrected chi connectivity index (χ2v) is 4.34. The van der Waals surface area contributed by atoms with Gasteiger partial charge in [-0.05, 0) is 42.8 Å². The van der Waals surface area contributed by atoms with Crippen molar-refractivity contribution in [2.45, 2.75) is 6.92 Å². The van der Waals surface area contributed by atoms with Crippen LogP contribution in [0, 0.1) is 17.0 Å². The first-order chi connectivity index (χ1) is 10.0. The fraction of sp³-hybridized carbons (Fsp3) is 0.0667. The number of aromatic nitrogens is 1. The van der Waals surface area contributed by atoms with E-state index in [1.807, 2.05) is 13.0 Å². The Morgan fingerprint density at radius 2 is 1.91 bits per heavy atom. The molecule has 7 nitrogen and oxygen atoms in total. The number of benzene rings is 1. The summed E-state index contributed by atoms with van der Waals surface area (Å²) in [6, 6.07) is 11.3. The molecule has 22 heavy (non-hydrogen) atoms. The molecule has 114 valence electrons. The zero-order chi connectivity index (χ0) is 15.2. The summed E-state index contributed by atoms with van der Waals surface area (Å²) in [6.07, 6.45) is 2.93. The van der Waals surface area contributed by atoms with Gasteiger partial charge in [0.2, 0.25) is 5.91 Å². The molecular weight excluding hydrogens is 286 g/mol. The molecule has 7 heteroatoms. The Morgan fingerprint density at radius 3 is 2.50 bits per heavy atom. The summed E-state index contributed by atoms with van der Waals surface area (Å²) in [5.41, 5.74) is 1.53. The third-order valence-electron chi connectivity index (χ3n) is 2.67. The standard InChI is InChI=1S/C15H13N3O3.H2O/c1-11-3-2-4-14(16-11)17-15(19)10-7-12-5-8-13(9-6-12)18(20)21;/h2-10H,1H3,(H,16,17,19);1H2/b10-7+;. The molecule has 0 radical (unpaired) electrons. The summed E-state index contributed by atoms with van der Waals surface area (Å²) in [5.74, 6) is 0.166. The number of carbonyl (C=O) groups excluding carboxylic acids is 1. The van der Waals surface area contributed by atoms with Gasteiger partial charge in [-0.15, -0.1) is 0 Å². The lowest BCUT2D eigenvalue weighted by Crippen LogP contribution is -2.09. The minimum atomic E-state index is -0.469. The van der Waals surface area contributed by atoms with Gasteiger partial charge in [0, 0.05) is 23.9 Å². The summed E-state index contributed by atoms with van der Waals surface area (Å²) < 4.78 is 0. The molecule has 0 spiro atoms. The molecule has 1 aromatic heterocycles. The van der Waals surface area contributed by atoms with Crippen molar-refractivity contribution < 1.29 is 15.2 Å². The smallest absolute Gasteiger partial charge is 0.269 e. The Balaban J connectivity index is 0.00000242. The van der Waals surface area contributed by atoms with Crippen LogP contribution in [-0.2, 0) is 4.79 Å². The van der Waals surface area contributed by atoms with Gasteiger partial charge >= 0.3 is 0 Å². The van der Waals surface area contributed by atoms with Gasteiger partial charge in [0.05, 0.1) is 4.92 Å². The predicted octanol–water partition coefficient (Wildman–Crippen LogP) is 2.13. The Labute approximate surface area is 126 Å². The van der Waals surface area contributed by atoms with Gasteiger partial charge in [-0.2, -0.15) is 0 Å².